The molecule has 162 valence electrons. The summed E-state index contributed by atoms with van der Waals surface area (Å²) in [7, 11) is 0. The lowest BCUT2D eigenvalue weighted by Crippen LogP contribution is -2.49. The number of nitrogens with zero attached hydrogens (tertiary/aromatic N) is 2. The lowest BCUT2D eigenvalue weighted by atomic mass is 10.00. The van der Waals surface area contributed by atoms with E-state index in [4.69, 9.17) is 16.3 Å². The standard InChI is InChI=1S/C23H29ClN2O3S/c1-5-22(27)26(15(2)3)13-23(28)25-10-8-21-18(9-11-30-21)20(25)14-29-17-6-7-19(24)16(4)12-17/h6-7,9,11-12,15,20H,5,8,10,13-14H2,1-4H3. The summed E-state index contributed by atoms with van der Waals surface area (Å²) in [6, 6.07) is 7.47. The Morgan fingerprint density at radius 1 is 1.33 bits per heavy atom. The van der Waals surface area contributed by atoms with Crippen LogP contribution in [0, 0.1) is 6.92 Å². The first-order valence-electron chi connectivity index (χ1n) is 10.4. The van der Waals surface area contributed by atoms with E-state index in [9.17, 15) is 9.59 Å². The lowest BCUT2D eigenvalue weighted by Gasteiger charge is -2.37. The summed E-state index contributed by atoms with van der Waals surface area (Å²) < 4.78 is 6.08. The number of rotatable bonds is 7. The van der Waals surface area contributed by atoms with Crippen molar-refractivity contribution in [2.24, 2.45) is 0 Å². The van der Waals surface area contributed by atoms with Gasteiger partial charge in [-0.15, -0.1) is 11.3 Å². The molecule has 5 nitrogen and oxygen atoms in total. The second-order valence-corrected chi connectivity index (χ2v) is 9.25. The van der Waals surface area contributed by atoms with E-state index in [1.807, 2.05) is 50.8 Å². The Hall–Kier alpha value is -2.05. The Morgan fingerprint density at radius 2 is 2.10 bits per heavy atom. The van der Waals surface area contributed by atoms with Gasteiger partial charge in [-0.25, -0.2) is 0 Å². The number of hydrogen-bond donors (Lipinski definition) is 0. The predicted octanol–water partition coefficient (Wildman–Crippen LogP) is 4.86. The van der Waals surface area contributed by atoms with Crippen molar-refractivity contribution < 1.29 is 14.3 Å². The van der Waals surface area contributed by atoms with Crippen molar-refractivity contribution in [3.8, 4) is 5.75 Å². The number of ether oxygens (including phenoxy) is 1. The first-order valence-corrected chi connectivity index (χ1v) is 11.6. The smallest absolute Gasteiger partial charge is 0.242 e. The molecule has 1 aromatic carbocycles. The molecule has 30 heavy (non-hydrogen) atoms. The maximum atomic E-state index is 13.2. The first-order chi connectivity index (χ1) is 14.3. The Kier molecular flexibility index (Phi) is 7.42. The number of carbonyl (C=O) groups excluding carboxylic acids is 2. The van der Waals surface area contributed by atoms with Crippen LogP contribution in [0.15, 0.2) is 29.6 Å². The van der Waals surface area contributed by atoms with Gasteiger partial charge in [-0.05, 0) is 68.0 Å². The van der Waals surface area contributed by atoms with Crippen LogP contribution in [0.3, 0.4) is 0 Å². The van der Waals surface area contributed by atoms with E-state index in [0.717, 1.165) is 23.3 Å². The Labute approximate surface area is 187 Å². The summed E-state index contributed by atoms with van der Waals surface area (Å²) in [5.74, 6) is 0.691. The highest BCUT2D eigenvalue weighted by molar-refractivity contribution is 7.10. The van der Waals surface area contributed by atoms with Crippen molar-refractivity contribution in [3.63, 3.8) is 0 Å². The summed E-state index contributed by atoms with van der Waals surface area (Å²) in [4.78, 5) is 30.4. The molecule has 7 heteroatoms. The van der Waals surface area contributed by atoms with Gasteiger partial charge in [-0.2, -0.15) is 0 Å². The molecule has 0 aliphatic carbocycles. The number of carbonyl (C=O) groups is 2. The van der Waals surface area contributed by atoms with Crippen LogP contribution in [0.25, 0.3) is 0 Å². The zero-order valence-electron chi connectivity index (χ0n) is 18.0. The van der Waals surface area contributed by atoms with E-state index in [0.29, 0.717) is 24.6 Å². The van der Waals surface area contributed by atoms with Crippen LogP contribution in [0.2, 0.25) is 5.02 Å². The molecule has 0 radical (unpaired) electrons. The molecule has 0 saturated heterocycles. The third-order valence-electron chi connectivity index (χ3n) is 5.50. The molecule has 3 rings (SSSR count). The topological polar surface area (TPSA) is 49.9 Å². The molecule has 1 atom stereocenters. The van der Waals surface area contributed by atoms with Crippen LogP contribution in [0.4, 0.5) is 0 Å². The maximum absolute atomic E-state index is 13.2. The highest BCUT2D eigenvalue weighted by atomic mass is 35.5. The fraction of sp³-hybridized carbons (Fsp3) is 0.478. The molecule has 2 heterocycles. The predicted molar refractivity (Wildman–Crippen MR) is 121 cm³/mol. The zero-order chi connectivity index (χ0) is 21.8. The molecule has 0 spiro atoms. The summed E-state index contributed by atoms with van der Waals surface area (Å²) in [5.41, 5.74) is 2.09. The SMILES string of the molecule is CCC(=O)N(CC(=O)N1CCc2sccc2C1COc1ccc(Cl)c(C)c1)C(C)C. The minimum atomic E-state index is -0.172. The Balaban J connectivity index is 1.79. The zero-order valence-corrected chi connectivity index (χ0v) is 19.6. The number of aryl methyl sites for hydroxylation is 1. The number of hydrogen-bond acceptors (Lipinski definition) is 4. The molecule has 2 amide bonds. The quantitative estimate of drug-likeness (QED) is 0.607. The number of thiophene rings is 1. The number of halogens is 1. The van der Waals surface area contributed by atoms with Crippen LogP contribution < -0.4 is 4.74 Å². The average molecular weight is 449 g/mol. The van der Waals surface area contributed by atoms with Crippen LogP contribution >= 0.6 is 22.9 Å². The van der Waals surface area contributed by atoms with Gasteiger partial charge in [0.2, 0.25) is 11.8 Å². The number of fused-ring (bicyclic) bond motifs is 1. The molecule has 1 aromatic heterocycles. The van der Waals surface area contributed by atoms with Gasteiger partial charge in [0.25, 0.3) is 0 Å². The van der Waals surface area contributed by atoms with Gasteiger partial charge < -0.3 is 14.5 Å². The van der Waals surface area contributed by atoms with Crippen LogP contribution in [0.5, 0.6) is 5.75 Å². The Bertz CT molecular complexity index is 912. The van der Waals surface area contributed by atoms with E-state index < -0.39 is 0 Å². The lowest BCUT2D eigenvalue weighted by molar-refractivity contribution is -0.144. The van der Waals surface area contributed by atoms with E-state index >= 15 is 0 Å². The fourth-order valence-corrected chi connectivity index (χ4v) is 4.80. The minimum absolute atomic E-state index is 0.00368. The van der Waals surface area contributed by atoms with Gasteiger partial charge in [0.15, 0.2) is 0 Å². The van der Waals surface area contributed by atoms with E-state index in [2.05, 4.69) is 11.4 Å². The summed E-state index contributed by atoms with van der Waals surface area (Å²) in [6.07, 6.45) is 1.22. The van der Waals surface area contributed by atoms with Gasteiger partial charge in [0.05, 0.1) is 12.6 Å². The highest BCUT2D eigenvalue weighted by Gasteiger charge is 2.33. The van der Waals surface area contributed by atoms with Gasteiger partial charge in [0.1, 0.15) is 12.4 Å². The minimum Gasteiger partial charge on any atom is -0.491 e. The summed E-state index contributed by atoms with van der Waals surface area (Å²) in [6.45, 7) is 8.74. The van der Waals surface area contributed by atoms with Gasteiger partial charge in [0, 0.05) is 28.9 Å². The molecule has 1 unspecified atom stereocenters. The first kappa shape index (κ1) is 22.6. The van der Waals surface area contributed by atoms with Crippen LogP contribution in [-0.2, 0) is 16.0 Å². The van der Waals surface area contributed by atoms with Gasteiger partial charge in [-0.1, -0.05) is 18.5 Å². The molecule has 0 N–H and O–H groups in total. The molecule has 2 aromatic rings. The molecule has 0 bridgehead atoms. The normalized spacial score (nSPS) is 15.8. The molecule has 1 aliphatic heterocycles. The Morgan fingerprint density at radius 3 is 2.77 bits per heavy atom. The molecular weight excluding hydrogens is 420 g/mol. The largest absolute Gasteiger partial charge is 0.491 e. The van der Waals surface area contributed by atoms with Crippen molar-refractivity contribution in [2.75, 3.05) is 19.7 Å². The second kappa shape index (κ2) is 9.84. The van der Waals surface area contributed by atoms with Crippen LogP contribution in [-0.4, -0.2) is 47.4 Å². The highest BCUT2D eigenvalue weighted by Crippen LogP contribution is 2.34. The molecule has 0 saturated carbocycles. The van der Waals surface area contributed by atoms with E-state index in [1.165, 1.54) is 4.88 Å². The van der Waals surface area contributed by atoms with Crippen LogP contribution in [0.1, 0.15) is 49.2 Å². The molecular formula is C23H29ClN2O3S. The van der Waals surface area contributed by atoms with Gasteiger partial charge >= 0.3 is 0 Å². The second-order valence-electron chi connectivity index (χ2n) is 7.84. The third kappa shape index (κ3) is 4.98. The van der Waals surface area contributed by atoms with Gasteiger partial charge in [-0.3, -0.25) is 9.59 Å². The molecule has 0 fully saturated rings. The van der Waals surface area contributed by atoms with Crippen molar-refractivity contribution in [1.29, 1.82) is 0 Å². The monoisotopic (exact) mass is 448 g/mol. The fourth-order valence-electron chi connectivity index (χ4n) is 3.76. The summed E-state index contributed by atoms with van der Waals surface area (Å²) in [5, 5.41) is 2.77. The van der Waals surface area contributed by atoms with Crippen molar-refractivity contribution in [3.05, 3.63) is 50.7 Å². The van der Waals surface area contributed by atoms with E-state index in [-0.39, 0.29) is 30.4 Å². The van der Waals surface area contributed by atoms with E-state index in [1.54, 1.807) is 16.2 Å². The molecule has 1 aliphatic rings. The average Bonchev–Trinajstić information content (AvgIpc) is 3.20. The van der Waals surface area contributed by atoms with Crippen molar-refractivity contribution >= 4 is 34.8 Å². The van der Waals surface area contributed by atoms with Crippen molar-refractivity contribution in [1.82, 2.24) is 9.80 Å². The number of benzene rings is 1. The van der Waals surface area contributed by atoms with Crippen molar-refractivity contribution in [2.45, 2.75) is 52.6 Å². The number of amides is 2. The third-order valence-corrected chi connectivity index (χ3v) is 6.92. The summed E-state index contributed by atoms with van der Waals surface area (Å²) >= 11 is 7.84. The maximum Gasteiger partial charge on any atom is 0.242 e.